The van der Waals surface area contributed by atoms with Crippen LogP contribution in [0.3, 0.4) is 0 Å². The van der Waals surface area contributed by atoms with E-state index in [9.17, 15) is 22.8 Å². The third-order valence-electron chi connectivity index (χ3n) is 7.09. The Morgan fingerprint density at radius 1 is 1.10 bits per heavy atom. The van der Waals surface area contributed by atoms with Gasteiger partial charge in [0.2, 0.25) is 11.7 Å². The lowest BCUT2D eigenvalue weighted by Gasteiger charge is -2.32. The molecule has 1 atom stereocenters. The molecule has 1 unspecified atom stereocenters. The molecule has 13 heteroatoms. The summed E-state index contributed by atoms with van der Waals surface area (Å²) in [4.78, 5) is 29.9. The van der Waals surface area contributed by atoms with Crippen molar-refractivity contribution in [3.63, 3.8) is 0 Å². The van der Waals surface area contributed by atoms with E-state index >= 15 is 0 Å². The van der Waals surface area contributed by atoms with Gasteiger partial charge in [-0.25, -0.2) is 0 Å². The highest BCUT2D eigenvalue weighted by atomic mass is 35.5. The summed E-state index contributed by atoms with van der Waals surface area (Å²) in [5.41, 5.74) is 0.0368. The fraction of sp³-hybridized carbons (Fsp3) is 0.345. The van der Waals surface area contributed by atoms with Gasteiger partial charge in [-0.1, -0.05) is 54.3 Å². The SMILES string of the molecule is Cc1ccc(C(C(=O)NC2CCCC2)N(C(=O)Cn2nnc(-c3ccc(C)o3)n2)c2ccc(Cl)c(C(F)(F)F)c2)cc1. The van der Waals surface area contributed by atoms with Crippen molar-refractivity contribution in [1.29, 1.82) is 0 Å². The van der Waals surface area contributed by atoms with Crippen LogP contribution >= 0.6 is 11.6 Å². The third kappa shape index (κ3) is 6.48. The lowest BCUT2D eigenvalue weighted by atomic mass is 10.0. The van der Waals surface area contributed by atoms with Gasteiger partial charge in [-0.2, -0.15) is 18.0 Å². The summed E-state index contributed by atoms with van der Waals surface area (Å²) in [7, 11) is 0. The van der Waals surface area contributed by atoms with E-state index < -0.39 is 41.2 Å². The molecule has 1 saturated carbocycles. The van der Waals surface area contributed by atoms with E-state index in [1.54, 1.807) is 43.3 Å². The topological polar surface area (TPSA) is 106 Å². The van der Waals surface area contributed by atoms with E-state index in [-0.39, 0.29) is 17.6 Å². The van der Waals surface area contributed by atoms with Crippen LogP contribution in [0.1, 0.15) is 54.2 Å². The normalized spacial score (nSPS) is 14.6. The number of carbonyl (C=O) groups is 2. The number of rotatable bonds is 8. The number of nitrogens with zero attached hydrogens (tertiary/aromatic N) is 5. The summed E-state index contributed by atoms with van der Waals surface area (Å²) in [5.74, 6) is -0.162. The zero-order valence-electron chi connectivity index (χ0n) is 22.9. The standard InChI is InChI=1S/C29H28ClF3N6O3/c1-17-7-10-19(11-8-17)26(28(41)34-20-5-3-4-6-20)39(21-12-13-23(30)22(15-21)29(31,32)33)25(40)16-38-36-27(35-37-38)24-14-9-18(2)42-24/h7-15,20,26H,3-6,16H2,1-2H3,(H,34,41). The molecule has 2 heterocycles. The van der Waals surface area contributed by atoms with E-state index in [4.69, 9.17) is 16.0 Å². The molecule has 42 heavy (non-hydrogen) atoms. The first-order valence-corrected chi connectivity index (χ1v) is 13.8. The van der Waals surface area contributed by atoms with Gasteiger partial charge >= 0.3 is 6.18 Å². The van der Waals surface area contributed by atoms with Gasteiger partial charge in [-0.05, 0) is 67.8 Å². The molecule has 0 radical (unpaired) electrons. The van der Waals surface area contributed by atoms with Gasteiger partial charge in [0.25, 0.3) is 5.91 Å². The lowest BCUT2D eigenvalue weighted by Crippen LogP contribution is -2.47. The van der Waals surface area contributed by atoms with Crippen molar-refractivity contribution in [2.45, 2.75) is 64.3 Å². The van der Waals surface area contributed by atoms with Crippen molar-refractivity contribution in [1.82, 2.24) is 25.5 Å². The van der Waals surface area contributed by atoms with E-state index in [2.05, 4.69) is 20.7 Å². The smallest absolute Gasteiger partial charge is 0.417 e. The average Bonchev–Trinajstić information content (AvgIpc) is 3.71. The number of alkyl halides is 3. The van der Waals surface area contributed by atoms with Crippen LogP contribution in [-0.4, -0.2) is 38.1 Å². The number of nitrogens with one attached hydrogen (secondary N) is 1. The average molecular weight is 601 g/mol. The highest BCUT2D eigenvalue weighted by Crippen LogP contribution is 2.39. The zero-order chi connectivity index (χ0) is 30.0. The zero-order valence-corrected chi connectivity index (χ0v) is 23.6. The molecule has 2 amide bonds. The Morgan fingerprint density at radius 2 is 1.81 bits per heavy atom. The minimum absolute atomic E-state index is 0.102. The number of carbonyl (C=O) groups excluding carboxylic acids is 2. The van der Waals surface area contributed by atoms with Crippen LogP contribution in [0.25, 0.3) is 11.6 Å². The summed E-state index contributed by atoms with van der Waals surface area (Å²) in [6.07, 6.45) is -1.35. The second-order valence-electron chi connectivity index (χ2n) is 10.3. The Balaban J connectivity index is 1.58. The molecule has 9 nitrogen and oxygen atoms in total. The number of furan rings is 1. The number of aryl methyl sites for hydroxylation is 2. The number of amides is 2. The molecule has 0 bridgehead atoms. The molecule has 1 N–H and O–H groups in total. The van der Waals surface area contributed by atoms with Crippen LogP contribution in [0.15, 0.2) is 59.0 Å². The van der Waals surface area contributed by atoms with Crippen molar-refractivity contribution in [3.05, 3.63) is 82.1 Å². The monoisotopic (exact) mass is 600 g/mol. The van der Waals surface area contributed by atoms with Crippen LogP contribution in [0.2, 0.25) is 5.02 Å². The molecule has 1 fully saturated rings. The minimum atomic E-state index is -4.79. The molecule has 1 aliphatic carbocycles. The summed E-state index contributed by atoms with van der Waals surface area (Å²) in [5, 5.41) is 14.5. The van der Waals surface area contributed by atoms with E-state index in [1.807, 2.05) is 6.92 Å². The number of hydrogen-bond donors (Lipinski definition) is 1. The first-order chi connectivity index (χ1) is 20.0. The number of halogens is 4. The van der Waals surface area contributed by atoms with Crippen molar-refractivity contribution in [2.24, 2.45) is 0 Å². The number of benzene rings is 2. The molecule has 0 spiro atoms. The summed E-state index contributed by atoms with van der Waals surface area (Å²) >= 11 is 5.90. The molecule has 5 rings (SSSR count). The molecule has 0 saturated heterocycles. The van der Waals surface area contributed by atoms with Crippen LogP contribution in [0.5, 0.6) is 0 Å². The molecule has 2 aromatic heterocycles. The molecule has 2 aromatic carbocycles. The van der Waals surface area contributed by atoms with E-state index in [0.29, 0.717) is 17.1 Å². The first kappa shape index (κ1) is 29.3. The number of aromatic nitrogens is 4. The Labute approximate surface area is 244 Å². The highest BCUT2D eigenvalue weighted by molar-refractivity contribution is 6.31. The predicted octanol–water partition coefficient (Wildman–Crippen LogP) is 6.06. The highest BCUT2D eigenvalue weighted by Gasteiger charge is 2.38. The van der Waals surface area contributed by atoms with Crippen LogP contribution in [0, 0.1) is 13.8 Å². The quantitative estimate of drug-likeness (QED) is 0.264. The van der Waals surface area contributed by atoms with Crippen molar-refractivity contribution in [2.75, 3.05) is 4.90 Å². The van der Waals surface area contributed by atoms with Gasteiger partial charge in [0.15, 0.2) is 5.76 Å². The van der Waals surface area contributed by atoms with Gasteiger partial charge in [-0.15, -0.1) is 10.2 Å². The van der Waals surface area contributed by atoms with Crippen molar-refractivity contribution in [3.8, 4) is 11.6 Å². The van der Waals surface area contributed by atoms with Gasteiger partial charge < -0.3 is 9.73 Å². The molecule has 4 aromatic rings. The van der Waals surface area contributed by atoms with Gasteiger partial charge in [-0.3, -0.25) is 14.5 Å². The second kappa shape index (κ2) is 12.0. The largest absolute Gasteiger partial charge is 0.458 e. The molecule has 220 valence electrons. The maximum Gasteiger partial charge on any atom is 0.417 e. The van der Waals surface area contributed by atoms with Crippen LogP contribution in [0.4, 0.5) is 18.9 Å². The predicted molar refractivity (Wildman–Crippen MR) is 149 cm³/mol. The lowest BCUT2D eigenvalue weighted by molar-refractivity contribution is -0.137. The number of anilines is 1. The number of hydrogen-bond acceptors (Lipinski definition) is 6. The van der Waals surface area contributed by atoms with Crippen molar-refractivity contribution < 1.29 is 27.2 Å². The summed E-state index contributed by atoms with van der Waals surface area (Å²) in [6, 6.07) is 12.0. The Hall–Kier alpha value is -4.19. The minimum Gasteiger partial charge on any atom is -0.458 e. The second-order valence-corrected chi connectivity index (χ2v) is 10.7. The van der Waals surface area contributed by atoms with Crippen molar-refractivity contribution >= 4 is 29.1 Å². The first-order valence-electron chi connectivity index (χ1n) is 13.4. The van der Waals surface area contributed by atoms with Crippen LogP contribution in [-0.2, 0) is 22.3 Å². The fourth-order valence-corrected chi connectivity index (χ4v) is 5.22. The Morgan fingerprint density at radius 3 is 2.45 bits per heavy atom. The number of tetrazole rings is 1. The van der Waals surface area contributed by atoms with Gasteiger partial charge in [0, 0.05) is 11.7 Å². The van der Waals surface area contributed by atoms with E-state index in [0.717, 1.165) is 53.1 Å². The Kier molecular flexibility index (Phi) is 8.35. The fourth-order valence-electron chi connectivity index (χ4n) is 4.99. The molecular weight excluding hydrogens is 573 g/mol. The Bertz CT molecular complexity index is 1580. The maximum absolute atomic E-state index is 14.0. The summed E-state index contributed by atoms with van der Waals surface area (Å²) in [6.45, 7) is 3.10. The van der Waals surface area contributed by atoms with E-state index in [1.165, 1.54) is 6.07 Å². The maximum atomic E-state index is 14.0. The summed E-state index contributed by atoms with van der Waals surface area (Å²) < 4.78 is 47.2. The molecule has 1 aliphatic rings. The molecule has 0 aliphatic heterocycles. The third-order valence-corrected chi connectivity index (χ3v) is 7.42. The van der Waals surface area contributed by atoms with Gasteiger partial charge in [0.05, 0.1) is 10.6 Å². The molecular formula is C29H28ClF3N6O3. The van der Waals surface area contributed by atoms with Crippen LogP contribution < -0.4 is 10.2 Å². The van der Waals surface area contributed by atoms with Gasteiger partial charge in [0.1, 0.15) is 18.3 Å².